The Balaban J connectivity index is 2.30. The van der Waals surface area contributed by atoms with Crippen molar-refractivity contribution in [1.29, 1.82) is 0 Å². The zero-order chi connectivity index (χ0) is 14.0. The number of hydrogen-bond donors (Lipinski definition) is 1. The van der Waals surface area contributed by atoms with Crippen LogP contribution in [0.15, 0.2) is 24.3 Å². The second kappa shape index (κ2) is 5.61. The standard InChI is InChI=1S/C14H17ClN2O2/c1-9(2)7-10-8-16-14(19)17(13(10)18)12-6-4-3-5-11(12)15/h3-6,9-10H,7-8H2,1-2H3,(H,16,19). The maximum atomic E-state index is 12.4. The van der Waals surface area contributed by atoms with Crippen LogP contribution in [-0.4, -0.2) is 18.5 Å². The predicted octanol–water partition coefficient (Wildman–Crippen LogP) is 3.06. The van der Waals surface area contributed by atoms with Crippen LogP contribution in [0.1, 0.15) is 20.3 Å². The van der Waals surface area contributed by atoms with Crippen molar-refractivity contribution in [3.8, 4) is 0 Å². The number of hydrogen-bond acceptors (Lipinski definition) is 2. The minimum Gasteiger partial charge on any atom is -0.337 e. The van der Waals surface area contributed by atoms with Crippen molar-refractivity contribution in [2.45, 2.75) is 20.3 Å². The van der Waals surface area contributed by atoms with E-state index in [0.717, 1.165) is 11.3 Å². The van der Waals surface area contributed by atoms with E-state index in [4.69, 9.17) is 11.6 Å². The number of rotatable bonds is 3. The number of carbonyl (C=O) groups excluding carboxylic acids is 2. The van der Waals surface area contributed by atoms with Gasteiger partial charge in [-0.15, -0.1) is 0 Å². The molecule has 2 rings (SSSR count). The summed E-state index contributed by atoms with van der Waals surface area (Å²) >= 11 is 6.07. The quantitative estimate of drug-likeness (QED) is 0.925. The highest BCUT2D eigenvalue weighted by atomic mass is 35.5. The van der Waals surface area contributed by atoms with Gasteiger partial charge in [0.1, 0.15) is 0 Å². The summed E-state index contributed by atoms with van der Waals surface area (Å²) in [7, 11) is 0. The number of imide groups is 1. The molecule has 0 aliphatic carbocycles. The van der Waals surface area contributed by atoms with Crippen LogP contribution in [0.3, 0.4) is 0 Å². The van der Waals surface area contributed by atoms with Gasteiger partial charge in [-0.3, -0.25) is 4.79 Å². The van der Waals surface area contributed by atoms with E-state index in [1.807, 2.05) is 0 Å². The second-order valence-electron chi connectivity index (χ2n) is 5.14. The van der Waals surface area contributed by atoms with Crippen LogP contribution < -0.4 is 10.2 Å². The van der Waals surface area contributed by atoms with Crippen LogP contribution in [-0.2, 0) is 4.79 Å². The Labute approximate surface area is 117 Å². The maximum Gasteiger partial charge on any atom is 0.328 e. The molecule has 1 aromatic rings. The molecule has 0 spiro atoms. The fourth-order valence-electron chi connectivity index (χ4n) is 2.27. The first kappa shape index (κ1) is 13.9. The molecule has 19 heavy (non-hydrogen) atoms. The van der Waals surface area contributed by atoms with E-state index in [0.29, 0.717) is 23.2 Å². The molecule has 3 amide bonds. The van der Waals surface area contributed by atoms with E-state index in [2.05, 4.69) is 19.2 Å². The van der Waals surface area contributed by atoms with Gasteiger partial charge in [-0.1, -0.05) is 37.6 Å². The third-order valence-corrected chi connectivity index (χ3v) is 3.44. The number of amides is 3. The molecular weight excluding hydrogens is 264 g/mol. The molecule has 4 nitrogen and oxygen atoms in total. The number of benzene rings is 1. The predicted molar refractivity (Wildman–Crippen MR) is 75.3 cm³/mol. The van der Waals surface area contributed by atoms with Gasteiger partial charge in [0.15, 0.2) is 0 Å². The molecule has 0 saturated carbocycles. The maximum absolute atomic E-state index is 12.4. The van der Waals surface area contributed by atoms with Gasteiger partial charge in [0, 0.05) is 6.54 Å². The second-order valence-corrected chi connectivity index (χ2v) is 5.54. The van der Waals surface area contributed by atoms with Crippen LogP contribution >= 0.6 is 11.6 Å². The van der Waals surface area contributed by atoms with Crippen LogP contribution in [0.2, 0.25) is 5.02 Å². The molecule has 102 valence electrons. The van der Waals surface area contributed by atoms with Gasteiger partial charge in [-0.2, -0.15) is 0 Å². The smallest absolute Gasteiger partial charge is 0.328 e. The third kappa shape index (κ3) is 2.89. The highest BCUT2D eigenvalue weighted by Gasteiger charge is 2.36. The summed E-state index contributed by atoms with van der Waals surface area (Å²) in [6.45, 7) is 4.52. The highest BCUT2D eigenvalue weighted by Crippen LogP contribution is 2.29. The van der Waals surface area contributed by atoms with Gasteiger partial charge >= 0.3 is 6.03 Å². The molecule has 1 unspecified atom stereocenters. The van der Waals surface area contributed by atoms with Crippen molar-refractivity contribution in [2.75, 3.05) is 11.4 Å². The minimum absolute atomic E-state index is 0.175. The molecule has 1 aromatic carbocycles. The normalized spacial score (nSPS) is 19.8. The zero-order valence-electron chi connectivity index (χ0n) is 11.0. The number of nitrogens with zero attached hydrogens (tertiary/aromatic N) is 1. The lowest BCUT2D eigenvalue weighted by Crippen LogP contribution is -2.55. The number of nitrogens with one attached hydrogen (secondary N) is 1. The molecule has 1 saturated heterocycles. The molecule has 0 aromatic heterocycles. The first-order valence-corrected chi connectivity index (χ1v) is 6.75. The van der Waals surface area contributed by atoms with Crippen LogP contribution in [0.4, 0.5) is 10.5 Å². The minimum atomic E-state index is -0.405. The zero-order valence-corrected chi connectivity index (χ0v) is 11.8. The molecule has 1 atom stereocenters. The van der Waals surface area contributed by atoms with Crippen molar-refractivity contribution in [3.05, 3.63) is 29.3 Å². The fraction of sp³-hybridized carbons (Fsp3) is 0.429. The Hall–Kier alpha value is -1.55. The summed E-state index contributed by atoms with van der Waals surface area (Å²) in [5.41, 5.74) is 0.445. The van der Waals surface area contributed by atoms with E-state index in [-0.39, 0.29) is 11.8 Å². The summed E-state index contributed by atoms with van der Waals surface area (Å²) < 4.78 is 0. The average molecular weight is 281 g/mol. The molecule has 1 N–H and O–H groups in total. The van der Waals surface area contributed by atoms with Crippen molar-refractivity contribution in [3.63, 3.8) is 0 Å². The fourth-order valence-corrected chi connectivity index (χ4v) is 2.49. The van der Waals surface area contributed by atoms with Crippen molar-refractivity contribution in [2.24, 2.45) is 11.8 Å². The Morgan fingerprint density at radius 2 is 2.05 bits per heavy atom. The number of carbonyl (C=O) groups is 2. The van der Waals surface area contributed by atoms with Crippen molar-refractivity contribution >= 4 is 29.2 Å². The monoisotopic (exact) mass is 280 g/mol. The van der Waals surface area contributed by atoms with Gasteiger partial charge < -0.3 is 5.32 Å². The molecular formula is C14H17ClN2O2. The van der Waals surface area contributed by atoms with Gasteiger partial charge in [0.05, 0.1) is 16.6 Å². The molecule has 1 heterocycles. The summed E-state index contributed by atoms with van der Waals surface area (Å²) in [6.07, 6.45) is 0.750. The number of anilines is 1. The first-order valence-electron chi connectivity index (χ1n) is 6.37. The summed E-state index contributed by atoms with van der Waals surface area (Å²) in [4.78, 5) is 25.5. The lowest BCUT2D eigenvalue weighted by Gasteiger charge is -2.32. The Morgan fingerprint density at radius 1 is 1.37 bits per heavy atom. The van der Waals surface area contributed by atoms with Crippen molar-refractivity contribution in [1.82, 2.24) is 5.32 Å². The van der Waals surface area contributed by atoms with Gasteiger partial charge in [-0.25, -0.2) is 9.69 Å². The van der Waals surface area contributed by atoms with Gasteiger partial charge in [0.25, 0.3) is 0 Å². The number of para-hydroxylation sites is 1. The van der Waals surface area contributed by atoms with E-state index in [1.165, 1.54) is 0 Å². The molecule has 1 fully saturated rings. The van der Waals surface area contributed by atoms with Crippen molar-refractivity contribution < 1.29 is 9.59 Å². The van der Waals surface area contributed by atoms with Gasteiger partial charge in [-0.05, 0) is 24.5 Å². The molecule has 5 heteroatoms. The number of urea groups is 1. The highest BCUT2D eigenvalue weighted by molar-refractivity contribution is 6.35. The topological polar surface area (TPSA) is 49.4 Å². The van der Waals surface area contributed by atoms with Gasteiger partial charge in [0.2, 0.25) is 5.91 Å². The first-order chi connectivity index (χ1) is 9.00. The summed E-state index contributed by atoms with van der Waals surface area (Å²) in [5.74, 6) is 0.0385. The molecule has 1 aliphatic rings. The van der Waals surface area contributed by atoms with Crippen LogP contribution in [0.25, 0.3) is 0 Å². The van der Waals surface area contributed by atoms with E-state index >= 15 is 0 Å². The lowest BCUT2D eigenvalue weighted by atomic mass is 9.94. The third-order valence-electron chi connectivity index (χ3n) is 3.12. The molecule has 1 aliphatic heterocycles. The van der Waals surface area contributed by atoms with E-state index in [9.17, 15) is 9.59 Å². The summed E-state index contributed by atoms with van der Waals surface area (Å²) in [6, 6.07) is 6.47. The van der Waals surface area contributed by atoms with Crippen LogP contribution in [0, 0.1) is 11.8 Å². The largest absolute Gasteiger partial charge is 0.337 e. The number of halogens is 1. The Kier molecular flexibility index (Phi) is 4.10. The van der Waals surface area contributed by atoms with E-state index in [1.54, 1.807) is 24.3 Å². The average Bonchev–Trinajstić information content (AvgIpc) is 2.35. The molecule has 0 radical (unpaired) electrons. The summed E-state index contributed by atoms with van der Waals surface area (Å²) in [5, 5.41) is 3.15. The Morgan fingerprint density at radius 3 is 2.68 bits per heavy atom. The SMILES string of the molecule is CC(C)CC1CNC(=O)N(c2ccccc2Cl)C1=O. The lowest BCUT2D eigenvalue weighted by molar-refractivity contribution is -0.122. The van der Waals surface area contributed by atoms with E-state index < -0.39 is 6.03 Å². The molecule has 0 bridgehead atoms. The Bertz CT molecular complexity index is 502. The van der Waals surface area contributed by atoms with Crippen LogP contribution in [0.5, 0.6) is 0 Å².